The molecule has 1 aliphatic rings. The molecule has 3 N–H and O–H groups in total. The highest BCUT2D eigenvalue weighted by Crippen LogP contribution is 2.44. The van der Waals surface area contributed by atoms with Gasteiger partial charge in [0.2, 0.25) is 5.78 Å². The van der Waals surface area contributed by atoms with Crippen LogP contribution in [0.4, 0.5) is 0 Å². The average molecular weight is 593 g/mol. The first-order valence-corrected chi connectivity index (χ1v) is 14.0. The Morgan fingerprint density at radius 2 is 1.36 bits per heavy atom. The second-order valence-corrected chi connectivity index (χ2v) is 10.8. The lowest BCUT2D eigenvalue weighted by molar-refractivity contribution is -0.188. The first kappa shape index (κ1) is 29.0. The van der Waals surface area contributed by atoms with Crippen molar-refractivity contribution in [1.29, 1.82) is 0 Å². The van der Waals surface area contributed by atoms with E-state index in [4.69, 9.17) is 13.7 Å². The lowest BCUT2D eigenvalue weighted by Crippen LogP contribution is -2.61. The van der Waals surface area contributed by atoms with Crippen LogP contribution in [0.2, 0.25) is 0 Å². The quantitative estimate of drug-likeness (QED) is 0.139. The number of hydrogen-bond acceptors (Lipinski definition) is 11. The summed E-state index contributed by atoms with van der Waals surface area (Å²) in [5.74, 6) is -6.53. The molecule has 12 nitrogen and oxygen atoms in total. The predicted octanol–water partition coefficient (Wildman–Crippen LogP) is 1.92. The number of carbonyl (C=O) groups excluding carboxylic acids is 3. The molecule has 0 spiro atoms. The minimum atomic E-state index is -4.95. The maximum atomic E-state index is 13.9. The smallest absolute Gasteiger partial charge is 0.338 e. The van der Waals surface area contributed by atoms with Crippen LogP contribution in [0.3, 0.4) is 0 Å². The molecular weight excluding hydrogens is 568 g/mol. The summed E-state index contributed by atoms with van der Waals surface area (Å²) in [5, 5.41) is 23.2. The van der Waals surface area contributed by atoms with Crippen LogP contribution in [-0.2, 0) is 23.8 Å². The topological polar surface area (TPSA) is 182 Å². The average Bonchev–Trinajstić information content (AvgIpc) is 3.64. The summed E-state index contributed by atoms with van der Waals surface area (Å²) >= 11 is 0. The van der Waals surface area contributed by atoms with E-state index >= 15 is 0 Å². The maximum Gasteiger partial charge on any atom is 0.338 e. The fourth-order valence-electron chi connectivity index (χ4n) is 4.56. The number of imidazole rings is 1. The number of ether oxygens (including phenoxy) is 2. The summed E-state index contributed by atoms with van der Waals surface area (Å²) in [4.78, 5) is 46.3. The van der Waals surface area contributed by atoms with E-state index in [0.717, 1.165) is 6.20 Å². The molecular formula is C29H24N2O10S. The number of carbonyl (C=O) groups is 3. The molecule has 4 aromatic rings. The summed E-state index contributed by atoms with van der Waals surface area (Å²) in [6.45, 7) is -0.881. The molecule has 0 aliphatic carbocycles. The Morgan fingerprint density at radius 1 is 0.833 bits per heavy atom. The molecule has 1 aliphatic heterocycles. The van der Waals surface area contributed by atoms with Gasteiger partial charge in [-0.25, -0.2) is 9.78 Å². The van der Waals surface area contributed by atoms with Gasteiger partial charge in [-0.1, -0.05) is 78.9 Å². The number of nitrogens with zero attached hydrogens (tertiary/aromatic N) is 1. The van der Waals surface area contributed by atoms with Gasteiger partial charge < -0.3 is 24.7 Å². The van der Waals surface area contributed by atoms with Crippen LogP contribution >= 0.6 is 0 Å². The highest BCUT2D eigenvalue weighted by molar-refractivity contribution is 7.86. The standard InChI is InChI=1S/C29H24N2O10S/c32-23(19-10-4-1-5-11-19)28(35)22(18-39-25(34)21-14-8-3-9-15-21)40-29(36,24(33)20-12-6-2-7-13-20)26(28)41-42(37,38)27-30-16-17-31-27/h1-17,22,26,35-36H,18H2,(H,30,31)/t22-,26-,28+,29-/m1/s1. The SMILES string of the molecule is O=C(OC[C@H]1O[C@](O)(C(=O)c2ccccc2)[C@H](OS(=O)(=O)c2ncc[nH]2)[C@@]1(O)C(=O)c1ccccc1)c1ccccc1. The molecule has 5 rings (SSSR count). The number of aromatic amines is 1. The van der Waals surface area contributed by atoms with Crippen molar-refractivity contribution in [3.05, 3.63) is 120 Å². The van der Waals surface area contributed by atoms with Crippen LogP contribution in [0, 0.1) is 0 Å². The van der Waals surface area contributed by atoms with E-state index in [9.17, 15) is 33.0 Å². The third kappa shape index (κ3) is 5.26. The minimum absolute atomic E-state index is 0.122. The van der Waals surface area contributed by atoms with Crippen LogP contribution < -0.4 is 0 Å². The molecule has 2 heterocycles. The van der Waals surface area contributed by atoms with E-state index in [0.29, 0.717) is 0 Å². The number of aromatic nitrogens is 2. The van der Waals surface area contributed by atoms with Gasteiger partial charge in [-0.2, -0.15) is 8.42 Å². The molecule has 1 saturated heterocycles. The van der Waals surface area contributed by atoms with E-state index in [1.807, 2.05) is 0 Å². The molecule has 42 heavy (non-hydrogen) atoms. The fraction of sp³-hybridized carbons (Fsp3) is 0.172. The van der Waals surface area contributed by atoms with Crippen molar-refractivity contribution < 1.29 is 46.7 Å². The normalized spacial score (nSPS) is 23.8. The largest absolute Gasteiger partial charge is 0.459 e. The van der Waals surface area contributed by atoms with Gasteiger partial charge in [0.25, 0.3) is 10.9 Å². The number of aliphatic hydroxyl groups is 2. The van der Waals surface area contributed by atoms with E-state index in [2.05, 4.69) is 9.97 Å². The van der Waals surface area contributed by atoms with Crippen molar-refractivity contribution in [3.8, 4) is 0 Å². The molecule has 0 unspecified atom stereocenters. The highest BCUT2D eigenvalue weighted by Gasteiger charge is 2.72. The third-order valence-corrected chi connectivity index (χ3v) is 7.78. The van der Waals surface area contributed by atoms with Crippen molar-refractivity contribution in [3.63, 3.8) is 0 Å². The van der Waals surface area contributed by atoms with Gasteiger partial charge in [-0.05, 0) is 12.1 Å². The van der Waals surface area contributed by atoms with Gasteiger partial charge in [0.05, 0.1) is 5.56 Å². The Morgan fingerprint density at radius 3 is 1.88 bits per heavy atom. The molecule has 4 atom stereocenters. The molecule has 0 bridgehead atoms. The van der Waals surface area contributed by atoms with E-state index in [-0.39, 0.29) is 16.7 Å². The second-order valence-electron chi connectivity index (χ2n) is 9.31. The Kier molecular flexibility index (Phi) is 7.86. The van der Waals surface area contributed by atoms with Gasteiger partial charge >= 0.3 is 16.1 Å². The summed E-state index contributed by atoms with van der Waals surface area (Å²) in [5.41, 5.74) is -3.25. The van der Waals surface area contributed by atoms with E-state index in [1.165, 1.54) is 66.9 Å². The molecule has 3 aromatic carbocycles. The van der Waals surface area contributed by atoms with Crippen molar-refractivity contribution >= 4 is 27.7 Å². The Labute approximate surface area is 239 Å². The Hall–Kier alpha value is -4.53. The molecule has 1 aromatic heterocycles. The van der Waals surface area contributed by atoms with Gasteiger partial charge in [0, 0.05) is 23.5 Å². The van der Waals surface area contributed by atoms with Crippen molar-refractivity contribution in [2.75, 3.05) is 6.61 Å². The highest BCUT2D eigenvalue weighted by atomic mass is 32.2. The molecule has 0 amide bonds. The van der Waals surface area contributed by atoms with Crippen LogP contribution in [0.5, 0.6) is 0 Å². The summed E-state index contributed by atoms with van der Waals surface area (Å²) in [6.07, 6.45) is -2.28. The first-order valence-electron chi connectivity index (χ1n) is 12.5. The Balaban J connectivity index is 1.62. The number of benzene rings is 3. The fourth-order valence-corrected chi connectivity index (χ4v) is 5.58. The number of nitrogens with one attached hydrogen (secondary N) is 1. The summed E-state index contributed by atoms with van der Waals surface area (Å²) in [6, 6.07) is 22.1. The molecule has 13 heteroatoms. The van der Waals surface area contributed by atoms with Gasteiger partial charge in [-0.3, -0.25) is 13.8 Å². The van der Waals surface area contributed by atoms with Crippen LogP contribution in [0.15, 0.2) is 109 Å². The zero-order valence-electron chi connectivity index (χ0n) is 21.7. The van der Waals surface area contributed by atoms with Crippen molar-refractivity contribution in [2.45, 2.75) is 28.8 Å². The van der Waals surface area contributed by atoms with Crippen molar-refractivity contribution in [2.24, 2.45) is 0 Å². The number of rotatable bonds is 10. The van der Waals surface area contributed by atoms with Gasteiger partial charge in [-0.15, -0.1) is 0 Å². The summed E-state index contributed by atoms with van der Waals surface area (Å²) in [7, 11) is -4.95. The lowest BCUT2D eigenvalue weighted by Gasteiger charge is -2.33. The number of hydrogen-bond donors (Lipinski definition) is 3. The van der Waals surface area contributed by atoms with E-state index in [1.54, 1.807) is 30.3 Å². The first-order chi connectivity index (χ1) is 20.1. The third-order valence-electron chi connectivity index (χ3n) is 6.64. The zero-order valence-corrected chi connectivity index (χ0v) is 22.5. The molecule has 0 radical (unpaired) electrons. The van der Waals surface area contributed by atoms with Crippen molar-refractivity contribution in [1.82, 2.24) is 9.97 Å². The van der Waals surface area contributed by atoms with Gasteiger partial charge in [0.1, 0.15) is 12.7 Å². The second kappa shape index (κ2) is 11.4. The Bertz CT molecular complexity index is 1680. The molecule has 1 fully saturated rings. The zero-order chi connectivity index (χ0) is 30.0. The monoisotopic (exact) mass is 592 g/mol. The molecule has 216 valence electrons. The van der Waals surface area contributed by atoms with Crippen LogP contribution in [0.25, 0.3) is 0 Å². The number of esters is 1. The van der Waals surface area contributed by atoms with Gasteiger partial charge in [0.15, 0.2) is 17.5 Å². The minimum Gasteiger partial charge on any atom is -0.459 e. The maximum absolute atomic E-state index is 13.9. The van der Waals surface area contributed by atoms with E-state index < -0.39 is 63.0 Å². The number of Topliss-reactive ketones (excluding diaryl/α,β-unsaturated/α-hetero) is 2. The van der Waals surface area contributed by atoms with Crippen LogP contribution in [0.1, 0.15) is 31.1 Å². The molecule has 0 saturated carbocycles. The predicted molar refractivity (Wildman–Crippen MR) is 144 cm³/mol. The number of ketones is 2. The lowest BCUT2D eigenvalue weighted by atomic mass is 9.81. The summed E-state index contributed by atoms with van der Waals surface area (Å²) < 4.78 is 42.6. The number of H-pyrrole nitrogens is 1. The van der Waals surface area contributed by atoms with Crippen LogP contribution in [-0.4, -0.2) is 76.3 Å².